The molecule has 1 N–H and O–H groups in total. The fraction of sp³-hybridized carbons (Fsp3) is 0.786. The van der Waals surface area contributed by atoms with Crippen LogP contribution in [0, 0.1) is 0 Å². The lowest BCUT2D eigenvalue weighted by atomic mass is 9.93. The number of ether oxygens (including phenoxy) is 1. The second-order valence-corrected chi connectivity index (χ2v) is 7.21. The molecule has 0 amide bonds. The summed E-state index contributed by atoms with van der Waals surface area (Å²) in [6.07, 6.45) is 0.306. The maximum absolute atomic E-state index is 5.72. The molecule has 2 heterocycles. The minimum Gasteiger partial charge on any atom is -0.374 e. The van der Waals surface area contributed by atoms with Crippen molar-refractivity contribution in [2.24, 2.45) is 0 Å². The van der Waals surface area contributed by atoms with E-state index < -0.39 is 0 Å². The summed E-state index contributed by atoms with van der Waals surface area (Å²) in [7, 11) is 2.14. The van der Waals surface area contributed by atoms with Crippen LogP contribution in [0.4, 0.5) is 0 Å². The third-order valence-electron chi connectivity index (χ3n) is 3.31. The van der Waals surface area contributed by atoms with Gasteiger partial charge in [0.2, 0.25) is 0 Å². The Morgan fingerprint density at radius 3 is 2.95 bits per heavy atom. The molecule has 0 bridgehead atoms. The molecule has 1 unspecified atom stereocenters. The lowest BCUT2D eigenvalue weighted by molar-refractivity contribution is -0.0182. The molecular weight excluding hydrogens is 258 g/mol. The van der Waals surface area contributed by atoms with Gasteiger partial charge in [-0.25, -0.2) is 4.98 Å². The van der Waals surface area contributed by atoms with Crippen molar-refractivity contribution in [2.45, 2.75) is 38.8 Å². The number of hydrogen-bond donors (Lipinski definition) is 1. The summed E-state index contributed by atoms with van der Waals surface area (Å²) in [6.45, 7) is 11.2. The van der Waals surface area contributed by atoms with Crippen molar-refractivity contribution >= 4 is 11.3 Å². The van der Waals surface area contributed by atoms with E-state index in [2.05, 4.69) is 48.4 Å². The van der Waals surface area contributed by atoms with Crippen LogP contribution in [0.1, 0.15) is 31.5 Å². The number of rotatable bonds is 4. The van der Waals surface area contributed by atoms with Gasteiger partial charge >= 0.3 is 0 Å². The Morgan fingerprint density at radius 2 is 2.32 bits per heavy atom. The molecule has 1 atom stereocenters. The Morgan fingerprint density at radius 1 is 1.53 bits per heavy atom. The molecule has 0 radical (unpaired) electrons. The maximum Gasteiger partial charge on any atom is 0.107 e. The van der Waals surface area contributed by atoms with Gasteiger partial charge in [-0.15, -0.1) is 11.3 Å². The van der Waals surface area contributed by atoms with Crippen molar-refractivity contribution < 1.29 is 4.74 Å². The van der Waals surface area contributed by atoms with Crippen molar-refractivity contribution in [1.29, 1.82) is 0 Å². The number of aromatic nitrogens is 1. The second-order valence-electron chi connectivity index (χ2n) is 6.26. The third-order valence-corrected chi connectivity index (χ3v) is 4.16. The average Bonchev–Trinajstić information content (AvgIpc) is 2.77. The lowest BCUT2D eigenvalue weighted by Gasteiger charge is -2.30. The molecule has 1 aromatic rings. The fourth-order valence-corrected chi connectivity index (χ4v) is 3.06. The standard InChI is InChI=1S/C14H25N3OS/c1-14(2,3)12-10-19-13(16-12)8-15-7-11-9-17(4)5-6-18-11/h10-11,15H,5-9H2,1-4H3. The van der Waals surface area contributed by atoms with Crippen molar-refractivity contribution in [3.05, 3.63) is 16.1 Å². The lowest BCUT2D eigenvalue weighted by Crippen LogP contribution is -2.44. The van der Waals surface area contributed by atoms with E-state index in [0.29, 0.717) is 6.10 Å². The molecule has 1 aliphatic heterocycles. The van der Waals surface area contributed by atoms with Crippen LogP contribution in [0.25, 0.3) is 0 Å². The second kappa shape index (κ2) is 6.31. The molecule has 0 aliphatic carbocycles. The van der Waals surface area contributed by atoms with Crippen molar-refractivity contribution in [2.75, 3.05) is 33.3 Å². The summed E-state index contributed by atoms with van der Waals surface area (Å²) in [5.41, 5.74) is 1.33. The average molecular weight is 283 g/mol. The highest BCUT2D eigenvalue weighted by atomic mass is 32.1. The van der Waals surface area contributed by atoms with Gasteiger partial charge in [-0.05, 0) is 7.05 Å². The minimum absolute atomic E-state index is 0.143. The van der Waals surface area contributed by atoms with Crippen LogP contribution in [0.5, 0.6) is 0 Å². The summed E-state index contributed by atoms with van der Waals surface area (Å²) in [5.74, 6) is 0. The van der Waals surface area contributed by atoms with E-state index in [1.54, 1.807) is 11.3 Å². The molecule has 0 saturated carbocycles. The van der Waals surface area contributed by atoms with E-state index in [9.17, 15) is 0 Å². The van der Waals surface area contributed by atoms with Crippen LogP contribution in [-0.2, 0) is 16.7 Å². The molecule has 1 aliphatic rings. The van der Waals surface area contributed by atoms with Crippen LogP contribution in [0.3, 0.4) is 0 Å². The predicted octanol–water partition coefficient (Wildman–Crippen LogP) is 1.86. The van der Waals surface area contributed by atoms with Crippen molar-refractivity contribution in [3.8, 4) is 0 Å². The van der Waals surface area contributed by atoms with Gasteiger partial charge in [0, 0.05) is 37.0 Å². The van der Waals surface area contributed by atoms with Crippen LogP contribution >= 0.6 is 11.3 Å². The number of morpholine rings is 1. The number of thiazole rings is 1. The highest BCUT2D eigenvalue weighted by molar-refractivity contribution is 7.09. The molecule has 4 nitrogen and oxygen atoms in total. The zero-order valence-corrected chi connectivity index (χ0v) is 13.2. The summed E-state index contributed by atoms with van der Waals surface area (Å²) in [5, 5.41) is 6.78. The third kappa shape index (κ3) is 4.53. The summed E-state index contributed by atoms with van der Waals surface area (Å²) >= 11 is 1.74. The van der Waals surface area contributed by atoms with Crippen LogP contribution < -0.4 is 5.32 Å². The van der Waals surface area contributed by atoms with E-state index in [1.807, 2.05) is 0 Å². The maximum atomic E-state index is 5.72. The van der Waals surface area contributed by atoms with Crippen molar-refractivity contribution in [1.82, 2.24) is 15.2 Å². The van der Waals surface area contributed by atoms with Crippen molar-refractivity contribution in [3.63, 3.8) is 0 Å². The van der Waals surface area contributed by atoms with Gasteiger partial charge in [0.15, 0.2) is 0 Å². The summed E-state index contributed by atoms with van der Waals surface area (Å²) < 4.78 is 5.72. The first-order chi connectivity index (χ1) is 8.95. The number of likely N-dealkylation sites (N-methyl/N-ethyl adjacent to an activating group) is 1. The Balaban J connectivity index is 1.75. The Hall–Kier alpha value is -0.490. The molecule has 0 spiro atoms. The molecule has 1 fully saturated rings. The van der Waals surface area contributed by atoms with Crippen LogP contribution in [-0.4, -0.2) is 49.3 Å². The summed E-state index contributed by atoms with van der Waals surface area (Å²) in [4.78, 5) is 7.00. The quantitative estimate of drug-likeness (QED) is 0.915. The minimum atomic E-state index is 0.143. The molecule has 2 rings (SSSR count). The Labute approximate surface area is 120 Å². The van der Waals surface area contributed by atoms with Gasteiger partial charge in [0.1, 0.15) is 5.01 Å². The van der Waals surface area contributed by atoms with Gasteiger partial charge in [-0.2, -0.15) is 0 Å². The van der Waals surface area contributed by atoms with E-state index in [1.165, 1.54) is 5.69 Å². The van der Waals surface area contributed by atoms with Gasteiger partial charge in [-0.3, -0.25) is 0 Å². The van der Waals surface area contributed by atoms with Gasteiger partial charge in [0.25, 0.3) is 0 Å². The number of hydrogen-bond acceptors (Lipinski definition) is 5. The highest BCUT2D eigenvalue weighted by Crippen LogP contribution is 2.23. The fourth-order valence-electron chi connectivity index (χ4n) is 2.07. The molecule has 108 valence electrons. The van der Waals surface area contributed by atoms with Gasteiger partial charge in [0.05, 0.1) is 18.4 Å². The molecule has 1 saturated heterocycles. The molecular formula is C14H25N3OS. The van der Waals surface area contributed by atoms with Gasteiger partial charge < -0.3 is 15.0 Å². The first-order valence-corrected chi connectivity index (χ1v) is 7.79. The smallest absolute Gasteiger partial charge is 0.107 e. The Bertz CT molecular complexity index is 400. The largest absolute Gasteiger partial charge is 0.374 e. The molecule has 1 aromatic heterocycles. The van der Waals surface area contributed by atoms with E-state index in [4.69, 9.17) is 4.74 Å². The predicted molar refractivity (Wildman–Crippen MR) is 79.8 cm³/mol. The summed E-state index contributed by atoms with van der Waals surface area (Å²) in [6, 6.07) is 0. The molecule has 19 heavy (non-hydrogen) atoms. The zero-order chi connectivity index (χ0) is 13.9. The van der Waals surface area contributed by atoms with E-state index >= 15 is 0 Å². The molecule has 5 heteroatoms. The molecule has 0 aromatic carbocycles. The zero-order valence-electron chi connectivity index (χ0n) is 12.4. The van der Waals surface area contributed by atoms with Gasteiger partial charge in [-0.1, -0.05) is 20.8 Å². The first kappa shape index (κ1) is 14.9. The SMILES string of the molecule is CN1CCOC(CNCc2nc(C(C)(C)C)cs2)C1. The van der Waals surface area contributed by atoms with Crippen LogP contribution in [0.2, 0.25) is 0 Å². The monoisotopic (exact) mass is 283 g/mol. The van der Waals surface area contributed by atoms with E-state index in [-0.39, 0.29) is 5.41 Å². The highest BCUT2D eigenvalue weighted by Gasteiger charge is 2.19. The van der Waals surface area contributed by atoms with E-state index in [0.717, 1.165) is 37.8 Å². The normalized spacial score (nSPS) is 21.8. The Kier molecular flexibility index (Phi) is 4.95. The number of nitrogens with one attached hydrogen (secondary N) is 1. The number of nitrogens with zero attached hydrogens (tertiary/aromatic N) is 2. The topological polar surface area (TPSA) is 37.4 Å². The van der Waals surface area contributed by atoms with Crippen LogP contribution in [0.15, 0.2) is 5.38 Å². The first-order valence-electron chi connectivity index (χ1n) is 6.91.